The second kappa shape index (κ2) is 9.65. The molecule has 0 aromatic heterocycles. The van der Waals surface area contributed by atoms with Gasteiger partial charge in [0.2, 0.25) is 5.91 Å². The van der Waals surface area contributed by atoms with Crippen LogP contribution in [0.1, 0.15) is 30.0 Å². The van der Waals surface area contributed by atoms with Crippen LogP contribution >= 0.6 is 0 Å². The first-order chi connectivity index (χ1) is 14.2. The molecule has 0 aliphatic carbocycles. The van der Waals surface area contributed by atoms with Gasteiger partial charge in [0.1, 0.15) is 23.3 Å². The molecule has 2 aromatic rings. The highest BCUT2D eigenvalue weighted by atomic mass is 16.5. The van der Waals surface area contributed by atoms with Crippen molar-refractivity contribution in [3.05, 3.63) is 59.7 Å². The van der Waals surface area contributed by atoms with Gasteiger partial charge < -0.3 is 19.1 Å². The number of likely N-dealkylation sites (tertiary alicyclic amines) is 1. The lowest BCUT2D eigenvalue weighted by atomic mass is 10.0. The van der Waals surface area contributed by atoms with Gasteiger partial charge in [0, 0.05) is 18.2 Å². The van der Waals surface area contributed by atoms with Gasteiger partial charge in [-0.15, -0.1) is 0 Å². The molecule has 2 aromatic carbocycles. The lowest BCUT2D eigenvalue weighted by Gasteiger charge is -2.25. The van der Waals surface area contributed by atoms with Crippen LogP contribution in [-0.2, 0) is 4.79 Å². The predicted molar refractivity (Wildman–Crippen MR) is 110 cm³/mol. The molecule has 150 valence electrons. The largest absolute Gasteiger partial charge is 0.497 e. The zero-order chi connectivity index (χ0) is 20.6. The maximum atomic E-state index is 12.9. The Hall–Kier alpha value is -3.46. The Bertz CT molecular complexity index is 915. The van der Waals surface area contributed by atoms with Gasteiger partial charge in [0.05, 0.1) is 20.3 Å². The van der Waals surface area contributed by atoms with Crippen molar-refractivity contribution in [2.75, 3.05) is 27.4 Å². The van der Waals surface area contributed by atoms with Crippen LogP contribution in [0.15, 0.2) is 48.5 Å². The van der Waals surface area contributed by atoms with Crippen LogP contribution in [0.25, 0.3) is 6.08 Å². The van der Waals surface area contributed by atoms with Crippen molar-refractivity contribution >= 4 is 12.0 Å². The van der Waals surface area contributed by atoms with E-state index in [1.54, 1.807) is 38.5 Å². The van der Waals surface area contributed by atoms with Gasteiger partial charge in [-0.1, -0.05) is 12.1 Å². The van der Waals surface area contributed by atoms with E-state index < -0.39 is 0 Å². The Morgan fingerprint density at radius 2 is 1.93 bits per heavy atom. The number of methoxy groups -OCH3 is 2. The van der Waals surface area contributed by atoms with E-state index in [1.165, 1.54) is 0 Å². The van der Waals surface area contributed by atoms with Gasteiger partial charge in [-0.3, -0.25) is 4.79 Å². The van der Waals surface area contributed by atoms with Crippen molar-refractivity contribution in [2.45, 2.75) is 18.9 Å². The van der Waals surface area contributed by atoms with Gasteiger partial charge in [-0.05, 0) is 54.8 Å². The molecule has 1 amide bonds. The molecule has 1 fully saturated rings. The molecule has 1 atom stereocenters. The molecule has 3 rings (SSSR count). The number of carbonyl (C=O) groups excluding carboxylic acids is 1. The number of ether oxygens (including phenoxy) is 3. The van der Waals surface area contributed by atoms with Crippen LogP contribution in [0.3, 0.4) is 0 Å². The second-order valence-electron chi connectivity index (χ2n) is 6.65. The third-order valence-corrected chi connectivity index (χ3v) is 4.93. The minimum Gasteiger partial charge on any atom is -0.497 e. The Morgan fingerprint density at radius 1 is 1.17 bits per heavy atom. The average molecular weight is 392 g/mol. The van der Waals surface area contributed by atoms with Gasteiger partial charge in [0.25, 0.3) is 0 Å². The molecule has 29 heavy (non-hydrogen) atoms. The third-order valence-electron chi connectivity index (χ3n) is 4.93. The van der Waals surface area contributed by atoms with Crippen molar-refractivity contribution in [3.8, 4) is 23.3 Å². The van der Waals surface area contributed by atoms with E-state index in [0.717, 1.165) is 35.5 Å². The molecule has 0 N–H and O–H groups in total. The summed E-state index contributed by atoms with van der Waals surface area (Å²) in [6, 6.07) is 14.8. The lowest BCUT2D eigenvalue weighted by Crippen LogP contribution is -2.29. The number of rotatable bonds is 7. The van der Waals surface area contributed by atoms with Gasteiger partial charge in [0.15, 0.2) is 6.61 Å². The summed E-state index contributed by atoms with van der Waals surface area (Å²) in [6.45, 7) is 0.715. The van der Waals surface area contributed by atoms with Crippen LogP contribution in [0.4, 0.5) is 0 Å². The molecule has 1 unspecified atom stereocenters. The standard InChI is InChI=1S/C23H24N2O4/c1-27-19-10-11-22(28-2)20(16-19)21-4-3-14-25(21)23(26)12-7-17-5-8-18(9-6-17)29-15-13-24/h5-12,16,21H,3-4,14-15H2,1-2H3/b12-7+. The summed E-state index contributed by atoms with van der Waals surface area (Å²) in [4.78, 5) is 14.7. The zero-order valence-corrected chi connectivity index (χ0v) is 16.6. The van der Waals surface area contributed by atoms with E-state index in [4.69, 9.17) is 19.5 Å². The van der Waals surface area contributed by atoms with Crippen molar-refractivity contribution in [1.82, 2.24) is 4.90 Å². The number of benzene rings is 2. The van der Waals surface area contributed by atoms with Crippen LogP contribution in [-0.4, -0.2) is 38.2 Å². The molecular formula is C23H24N2O4. The fraction of sp³-hybridized carbons (Fsp3) is 0.304. The summed E-state index contributed by atoms with van der Waals surface area (Å²) in [5.41, 5.74) is 1.85. The normalized spacial score (nSPS) is 15.9. The summed E-state index contributed by atoms with van der Waals surface area (Å²) in [6.07, 6.45) is 5.20. The van der Waals surface area contributed by atoms with E-state index >= 15 is 0 Å². The first-order valence-corrected chi connectivity index (χ1v) is 9.46. The molecule has 6 nitrogen and oxygen atoms in total. The quantitative estimate of drug-likeness (QED) is 0.667. The number of carbonyl (C=O) groups is 1. The smallest absolute Gasteiger partial charge is 0.247 e. The SMILES string of the molecule is COc1ccc(OC)c(C2CCCN2C(=O)/C=C/c2ccc(OCC#N)cc2)c1. The van der Waals surface area contributed by atoms with Gasteiger partial charge in [-0.25, -0.2) is 0 Å². The number of amides is 1. The highest BCUT2D eigenvalue weighted by molar-refractivity contribution is 5.92. The van der Waals surface area contributed by atoms with E-state index in [9.17, 15) is 4.79 Å². The third kappa shape index (κ3) is 4.88. The minimum atomic E-state index is -0.0426. The van der Waals surface area contributed by atoms with Gasteiger partial charge >= 0.3 is 0 Å². The summed E-state index contributed by atoms with van der Waals surface area (Å²) < 4.78 is 16.1. The second-order valence-corrected chi connectivity index (χ2v) is 6.65. The van der Waals surface area contributed by atoms with Crippen LogP contribution in [0, 0.1) is 11.3 Å². The minimum absolute atomic E-state index is 0.0117. The number of hydrogen-bond donors (Lipinski definition) is 0. The maximum Gasteiger partial charge on any atom is 0.247 e. The zero-order valence-electron chi connectivity index (χ0n) is 16.6. The summed E-state index contributed by atoms with van der Waals surface area (Å²) >= 11 is 0. The molecule has 0 radical (unpaired) electrons. The van der Waals surface area contributed by atoms with Crippen LogP contribution in [0.2, 0.25) is 0 Å². The van der Waals surface area contributed by atoms with Crippen LogP contribution in [0.5, 0.6) is 17.2 Å². The van der Waals surface area contributed by atoms with E-state index in [1.807, 2.05) is 41.3 Å². The molecule has 1 aliphatic heterocycles. The predicted octanol–water partition coefficient (Wildman–Crippen LogP) is 3.98. The van der Waals surface area contributed by atoms with Crippen molar-refractivity contribution < 1.29 is 19.0 Å². The lowest BCUT2D eigenvalue weighted by molar-refractivity contribution is -0.126. The number of hydrogen-bond acceptors (Lipinski definition) is 5. The van der Waals surface area contributed by atoms with E-state index in [-0.39, 0.29) is 18.6 Å². The Kier molecular flexibility index (Phi) is 6.75. The highest BCUT2D eigenvalue weighted by Crippen LogP contribution is 2.39. The molecule has 0 spiro atoms. The maximum absolute atomic E-state index is 12.9. The van der Waals surface area contributed by atoms with Crippen LogP contribution < -0.4 is 14.2 Å². The molecule has 0 bridgehead atoms. The van der Waals surface area contributed by atoms with E-state index in [2.05, 4.69) is 0 Å². The molecule has 0 saturated carbocycles. The summed E-state index contributed by atoms with van der Waals surface area (Å²) in [5, 5.41) is 8.55. The number of nitriles is 1. The Labute approximate surface area is 170 Å². The van der Waals surface area contributed by atoms with Crippen molar-refractivity contribution in [1.29, 1.82) is 5.26 Å². The van der Waals surface area contributed by atoms with Crippen molar-refractivity contribution in [3.63, 3.8) is 0 Å². The Balaban J connectivity index is 1.73. The molecule has 1 heterocycles. The Morgan fingerprint density at radius 3 is 2.62 bits per heavy atom. The highest BCUT2D eigenvalue weighted by Gasteiger charge is 2.31. The van der Waals surface area contributed by atoms with E-state index in [0.29, 0.717) is 12.3 Å². The molecular weight excluding hydrogens is 368 g/mol. The first kappa shape index (κ1) is 20.3. The fourth-order valence-corrected chi connectivity index (χ4v) is 3.51. The summed E-state index contributed by atoms with van der Waals surface area (Å²) in [7, 11) is 3.26. The molecule has 1 aliphatic rings. The van der Waals surface area contributed by atoms with Crippen molar-refractivity contribution in [2.24, 2.45) is 0 Å². The monoisotopic (exact) mass is 392 g/mol. The first-order valence-electron chi connectivity index (χ1n) is 9.46. The fourth-order valence-electron chi connectivity index (χ4n) is 3.51. The molecule has 6 heteroatoms. The topological polar surface area (TPSA) is 71.8 Å². The van der Waals surface area contributed by atoms with Gasteiger partial charge in [-0.2, -0.15) is 5.26 Å². The number of nitrogens with zero attached hydrogens (tertiary/aromatic N) is 2. The average Bonchev–Trinajstić information content (AvgIpc) is 3.26. The molecule has 1 saturated heterocycles. The summed E-state index contributed by atoms with van der Waals surface area (Å²) in [5.74, 6) is 2.09.